The molecule has 0 radical (unpaired) electrons. The third-order valence-corrected chi connectivity index (χ3v) is 3.04. The molecule has 0 bridgehead atoms. The highest BCUT2D eigenvalue weighted by Crippen LogP contribution is 2.24. The van der Waals surface area contributed by atoms with Crippen molar-refractivity contribution in [3.8, 4) is 5.75 Å². The molecular weight excluding hydrogens is 236 g/mol. The van der Waals surface area contributed by atoms with Crippen molar-refractivity contribution in [1.29, 1.82) is 0 Å². The summed E-state index contributed by atoms with van der Waals surface area (Å²) in [6.45, 7) is 5.69. The predicted molar refractivity (Wildman–Crippen MR) is 72.8 cm³/mol. The highest BCUT2D eigenvalue weighted by atomic mass is 35.5. The van der Waals surface area contributed by atoms with Gasteiger partial charge >= 0.3 is 0 Å². The number of hydrogen-bond donors (Lipinski definition) is 2. The van der Waals surface area contributed by atoms with E-state index in [-0.39, 0.29) is 5.54 Å². The first kappa shape index (κ1) is 14.3. The Morgan fingerprint density at radius 1 is 1.41 bits per heavy atom. The molecule has 17 heavy (non-hydrogen) atoms. The van der Waals surface area contributed by atoms with Crippen molar-refractivity contribution in [2.75, 3.05) is 20.2 Å². The SMILES string of the molecule is COc1ccc(CCNC(C)(C)CN)cc1Cl. The van der Waals surface area contributed by atoms with Crippen LogP contribution in [-0.2, 0) is 6.42 Å². The molecular formula is C13H21ClN2O. The van der Waals surface area contributed by atoms with Gasteiger partial charge in [0.15, 0.2) is 0 Å². The Hall–Kier alpha value is -0.770. The van der Waals surface area contributed by atoms with Crippen LogP contribution in [0, 0.1) is 0 Å². The van der Waals surface area contributed by atoms with Crippen LogP contribution < -0.4 is 15.8 Å². The van der Waals surface area contributed by atoms with E-state index in [4.69, 9.17) is 22.1 Å². The van der Waals surface area contributed by atoms with Gasteiger partial charge in [0, 0.05) is 12.1 Å². The van der Waals surface area contributed by atoms with Crippen molar-refractivity contribution in [2.24, 2.45) is 5.73 Å². The van der Waals surface area contributed by atoms with E-state index in [1.165, 1.54) is 5.56 Å². The summed E-state index contributed by atoms with van der Waals surface area (Å²) in [4.78, 5) is 0. The van der Waals surface area contributed by atoms with Crippen LogP contribution in [0.4, 0.5) is 0 Å². The van der Waals surface area contributed by atoms with Crippen molar-refractivity contribution in [3.05, 3.63) is 28.8 Å². The lowest BCUT2D eigenvalue weighted by Gasteiger charge is -2.24. The maximum Gasteiger partial charge on any atom is 0.137 e. The van der Waals surface area contributed by atoms with Gasteiger partial charge in [0.05, 0.1) is 12.1 Å². The van der Waals surface area contributed by atoms with Crippen molar-refractivity contribution < 1.29 is 4.74 Å². The smallest absolute Gasteiger partial charge is 0.137 e. The van der Waals surface area contributed by atoms with Gasteiger partial charge in [0.1, 0.15) is 5.75 Å². The van der Waals surface area contributed by atoms with Gasteiger partial charge < -0.3 is 15.8 Å². The second-order valence-electron chi connectivity index (χ2n) is 4.73. The summed E-state index contributed by atoms with van der Waals surface area (Å²) in [6.07, 6.45) is 0.924. The predicted octanol–water partition coefficient (Wildman–Crippen LogP) is 2.22. The zero-order valence-corrected chi connectivity index (χ0v) is 11.5. The molecule has 0 saturated heterocycles. The second-order valence-corrected chi connectivity index (χ2v) is 5.14. The van der Waals surface area contributed by atoms with E-state index >= 15 is 0 Å². The summed E-state index contributed by atoms with van der Waals surface area (Å²) in [5.74, 6) is 0.714. The molecule has 1 rings (SSSR count). The molecule has 0 aliphatic carbocycles. The van der Waals surface area contributed by atoms with Crippen LogP contribution in [0.25, 0.3) is 0 Å². The summed E-state index contributed by atoms with van der Waals surface area (Å²) >= 11 is 6.06. The van der Waals surface area contributed by atoms with E-state index < -0.39 is 0 Å². The van der Waals surface area contributed by atoms with E-state index in [9.17, 15) is 0 Å². The lowest BCUT2D eigenvalue weighted by atomic mass is 10.1. The largest absolute Gasteiger partial charge is 0.495 e. The molecule has 0 aliphatic rings. The van der Waals surface area contributed by atoms with Gasteiger partial charge in [-0.25, -0.2) is 0 Å². The van der Waals surface area contributed by atoms with Crippen molar-refractivity contribution in [1.82, 2.24) is 5.32 Å². The molecule has 1 aromatic rings. The first-order valence-corrected chi connectivity index (χ1v) is 6.14. The van der Waals surface area contributed by atoms with Crippen LogP contribution in [0.15, 0.2) is 18.2 Å². The van der Waals surface area contributed by atoms with Gasteiger partial charge in [0.2, 0.25) is 0 Å². The maximum atomic E-state index is 6.06. The quantitative estimate of drug-likeness (QED) is 0.821. The van der Waals surface area contributed by atoms with Gasteiger partial charge in [-0.05, 0) is 44.5 Å². The van der Waals surface area contributed by atoms with Crippen LogP contribution >= 0.6 is 11.6 Å². The van der Waals surface area contributed by atoms with E-state index in [1.54, 1.807) is 7.11 Å². The summed E-state index contributed by atoms with van der Waals surface area (Å²) < 4.78 is 5.11. The Morgan fingerprint density at radius 3 is 2.65 bits per heavy atom. The Bertz CT molecular complexity index is 366. The number of hydrogen-bond acceptors (Lipinski definition) is 3. The number of benzene rings is 1. The Balaban J connectivity index is 2.50. The zero-order chi connectivity index (χ0) is 12.9. The van der Waals surface area contributed by atoms with Gasteiger partial charge in [-0.15, -0.1) is 0 Å². The van der Waals surface area contributed by atoms with Crippen LogP contribution in [0.1, 0.15) is 19.4 Å². The van der Waals surface area contributed by atoms with Gasteiger partial charge in [-0.3, -0.25) is 0 Å². The normalized spacial score (nSPS) is 11.6. The lowest BCUT2D eigenvalue weighted by molar-refractivity contribution is 0.401. The first-order chi connectivity index (χ1) is 7.98. The van der Waals surface area contributed by atoms with E-state index in [2.05, 4.69) is 19.2 Å². The number of halogens is 1. The summed E-state index contributed by atoms with van der Waals surface area (Å²) in [6, 6.07) is 5.87. The summed E-state index contributed by atoms with van der Waals surface area (Å²) in [5.41, 5.74) is 6.82. The third-order valence-electron chi connectivity index (χ3n) is 2.74. The summed E-state index contributed by atoms with van der Waals surface area (Å²) in [7, 11) is 1.62. The fourth-order valence-corrected chi connectivity index (χ4v) is 1.76. The molecule has 3 nitrogen and oxygen atoms in total. The fourth-order valence-electron chi connectivity index (χ4n) is 1.48. The Morgan fingerprint density at radius 2 is 2.12 bits per heavy atom. The van der Waals surface area contributed by atoms with Crippen LogP contribution in [-0.4, -0.2) is 25.7 Å². The topological polar surface area (TPSA) is 47.3 Å². The molecule has 0 saturated carbocycles. The number of ether oxygens (including phenoxy) is 1. The minimum absolute atomic E-state index is 0.0176. The van der Waals surface area contributed by atoms with Crippen molar-refractivity contribution in [2.45, 2.75) is 25.8 Å². The second kappa shape index (κ2) is 6.24. The molecule has 0 aromatic heterocycles. The maximum absolute atomic E-state index is 6.06. The van der Waals surface area contributed by atoms with E-state index in [0.717, 1.165) is 13.0 Å². The van der Waals surface area contributed by atoms with Crippen LogP contribution in [0.5, 0.6) is 5.75 Å². The molecule has 1 aromatic carbocycles. The number of nitrogens with one attached hydrogen (secondary N) is 1. The molecule has 4 heteroatoms. The molecule has 0 fully saturated rings. The average molecular weight is 257 g/mol. The molecule has 0 unspecified atom stereocenters. The zero-order valence-electron chi connectivity index (χ0n) is 10.7. The Labute approximate surface area is 108 Å². The minimum Gasteiger partial charge on any atom is -0.495 e. The lowest BCUT2D eigenvalue weighted by Crippen LogP contribution is -2.46. The minimum atomic E-state index is -0.0176. The molecule has 0 atom stereocenters. The van der Waals surface area contributed by atoms with Crippen molar-refractivity contribution in [3.63, 3.8) is 0 Å². The Kier molecular flexibility index (Phi) is 5.25. The number of methoxy groups -OCH3 is 1. The average Bonchev–Trinajstić information content (AvgIpc) is 2.29. The fraction of sp³-hybridized carbons (Fsp3) is 0.538. The van der Waals surface area contributed by atoms with Crippen molar-refractivity contribution >= 4 is 11.6 Å². The monoisotopic (exact) mass is 256 g/mol. The molecule has 96 valence electrons. The van der Waals surface area contributed by atoms with Gasteiger partial charge in [0.25, 0.3) is 0 Å². The van der Waals surface area contributed by atoms with Gasteiger partial charge in [-0.2, -0.15) is 0 Å². The highest BCUT2D eigenvalue weighted by Gasteiger charge is 2.13. The first-order valence-electron chi connectivity index (χ1n) is 5.76. The number of rotatable bonds is 6. The van der Waals surface area contributed by atoms with Crippen LogP contribution in [0.2, 0.25) is 5.02 Å². The standard InChI is InChI=1S/C13H21ClN2O/c1-13(2,9-15)16-7-6-10-4-5-12(17-3)11(14)8-10/h4-5,8,16H,6-7,9,15H2,1-3H3. The van der Waals surface area contributed by atoms with E-state index in [0.29, 0.717) is 17.3 Å². The molecule has 0 aliphatic heterocycles. The molecule has 3 N–H and O–H groups in total. The summed E-state index contributed by atoms with van der Waals surface area (Å²) in [5, 5.41) is 4.06. The van der Waals surface area contributed by atoms with Gasteiger partial charge in [-0.1, -0.05) is 17.7 Å². The molecule has 0 amide bonds. The third kappa shape index (κ3) is 4.54. The molecule has 0 heterocycles. The molecule has 0 spiro atoms. The van der Waals surface area contributed by atoms with Crippen LogP contribution in [0.3, 0.4) is 0 Å². The highest BCUT2D eigenvalue weighted by molar-refractivity contribution is 6.32. The number of nitrogens with two attached hydrogens (primary N) is 1. The van der Waals surface area contributed by atoms with E-state index in [1.807, 2.05) is 18.2 Å².